The van der Waals surface area contributed by atoms with Crippen molar-refractivity contribution in [3.8, 4) is 11.5 Å². The molecular formula is C22H23FN2O4. The molecule has 3 aromatic rings. The van der Waals surface area contributed by atoms with E-state index in [-0.39, 0.29) is 23.8 Å². The van der Waals surface area contributed by atoms with Crippen LogP contribution in [0.5, 0.6) is 11.5 Å². The van der Waals surface area contributed by atoms with E-state index >= 15 is 0 Å². The summed E-state index contributed by atoms with van der Waals surface area (Å²) in [7, 11) is 4.62. The lowest BCUT2D eigenvalue weighted by Gasteiger charge is -2.20. The number of benzene rings is 2. The predicted molar refractivity (Wildman–Crippen MR) is 109 cm³/mol. The molecule has 0 N–H and O–H groups in total. The van der Waals surface area contributed by atoms with Crippen LogP contribution in [-0.2, 0) is 13.1 Å². The van der Waals surface area contributed by atoms with Gasteiger partial charge in [-0.25, -0.2) is 4.39 Å². The number of fused-ring (bicyclic) bond motifs is 1. The number of halogens is 1. The van der Waals surface area contributed by atoms with Gasteiger partial charge in [0.15, 0.2) is 11.5 Å². The molecule has 0 aliphatic heterocycles. The Balaban J connectivity index is 2.12. The maximum Gasteiger partial charge on any atom is 0.258 e. The molecular weight excluding hydrogens is 375 g/mol. The molecule has 0 saturated carbocycles. The van der Waals surface area contributed by atoms with Crippen molar-refractivity contribution in [3.05, 3.63) is 69.9 Å². The van der Waals surface area contributed by atoms with Gasteiger partial charge in [0.1, 0.15) is 5.82 Å². The molecule has 1 heterocycles. The van der Waals surface area contributed by atoms with Crippen molar-refractivity contribution in [1.82, 2.24) is 9.47 Å². The number of nitrogens with zero attached hydrogens (tertiary/aromatic N) is 2. The SMILES string of the molecule is CCn1cc(C(=O)N(C)Cc2cccc(F)c2)c2cc(OC)c(OC)cc2c1=O. The van der Waals surface area contributed by atoms with E-state index in [1.165, 1.54) is 35.8 Å². The number of aryl methyl sites for hydroxylation is 1. The second-order valence-corrected chi connectivity index (χ2v) is 6.68. The third-order valence-corrected chi connectivity index (χ3v) is 4.82. The van der Waals surface area contributed by atoms with Crippen molar-refractivity contribution in [2.75, 3.05) is 21.3 Å². The van der Waals surface area contributed by atoms with Gasteiger partial charge in [0.25, 0.3) is 11.5 Å². The van der Waals surface area contributed by atoms with Gasteiger partial charge in [-0.3, -0.25) is 9.59 Å². The Morgan fingerprint density at radius 1 is 1.10 bits per heavy atom. The van der Waals surface area contributed by atoms with Crippen LogP contribution in [0.1, 0.15) is 22.8 Å². The van der Waals surface area contributed by atoms with Crippen LogP contribution in [0.3, 0.4) is 0 Å². The molecule has 0 atom stereocenters. The highest BCUT2D eigenvalue weighted by Crippen LogP contribution is 2.32. The number of aromatic nitrogens is 1. The topological polar surface area (TPSA) is 60.8 Å². The van der Waals surface area contributed by atoms with Gasteiger partial charge in [0.2, 0.25) is 0 Å². The number of hydrogen-bond acceptors (Lipinski definition) is 4. The summed E-state index contributed by atoms with van der Waals surface area (Å²) in [6.07, 6.45) is 1.56. The van der Waals surface area contributed by atoms with Crippen molar-refractivity contribution < 1.29 is 18.7 Å². The largest absolute Gasteiger partial charge is 0.493 e. The molecule has 1 aromatic heterocycles. The minimum Gasteiger partial charge on any atom is -0.493 e. The molecule has 0 fully saturated rings. The number of rotatable bonds is 6. The van der Waals surface area contributed by atoms with Crippen LogP contribution < -0.4 is 15.0 Å². The minimum absolute atomic E-state index is 0.215. The molecule has 6 nitrogen and oxygen atoms in total. The number of carbonyl (C=O) groups is 1. The summed E-state index contributed by atoms with van der Waals surface area (Å²) in [5.41, 5.74) is 0.822. The Morgan fingerprint density at radius 3 is 2.34 bits per heavy atom. The number of pyridine rings is 1. The van der Waals surface area contributed by atoms with E-state index in [9.17, 15) is 14.0 Å². The standard InChI is InChI=1S/C22H23FN2O4/c1-5-25-13-18(21(26)24(2)12-14-7-6-8-15(23)9-14)16-10-19(28-3)20(29-4)11-17(16)22(25)27/h6-11,13H,5,12H2,1-4H3. The van der Waals surface area contributed by atoms with Crippen molar-refractivity contribution in [2.45, 2.75) is 20.0 Å². The van der Waals surface area contributed by atoms with Crippen LogP contribution in [0.25, 0.3) is 10.8 Å². The van der Waals surface area contributed by atoms with E-state index in [0.717, 1.165) is 0 Å². The highest BCUT2D eigenvalue weighted by atomic mass is 19.1. The van der Waals surface area contributed by atoms with Crippen LogP contribution in [0.4, 0.5) is 4.39 Å². The first-order valence-corrected chi connectivity index (χ1v) is 9.18. The summed E-state index contributed by atoms with van der Waals surface area (Å²) in [5, 5.41) is 0.850. The summed E-state index contributed by atoms with van der Waals surface area (Å²) in [6.45, 7) is 2.48. The van der Waals surface area contributed by atoms with E-state index < -0.39 is 0 Å². The lowest BCUT2D eigenvalue weighted by atomic mass is 10.0. The Labute approximate surface area is 168 Å². The van der Waals surface area contributed by atoms with E-state index in [1.807, 2.05) is 6.92 Å². The first-order valence-electron chi connectivity index (χ1n) is 9.18. The van der Waals surface area contributed by atoms with Gasteiger partial charge in [-0.15, -0.1) is 0 Å². The fourth-order valence-electron chi connectivity index (χ4n) is 3.31. The molecule has 7 heteroatoms. The molecule has 0 aliphatic rings. The molecule has 1 amide bonds. The molecule has 0 bridgehead atoms. The van der Waals surface area contributed by atoms with Crippen molar-refractivity contribution in [1.29, 1.82) is 0 Å². The highest BCUT2D eigenvalue weighted by Gasteiger charge is 2.20. The maximum atomic E-state index is 13.5. The Hall–Kier alpha value is -3.35. The third-order valence-electron chi connectivity index (χ3n) is 4.82. The summed E-state index contributed by atoms with van der Waals surface area (Å²) in [4.78, 5) is 27.5. The summed E-state index contributed by atoms with van der Waals surface area (Å²) < 4.78 is 25.6. The van der Waals surface area contributed by atoms with E-state index in [0.29, 0.717) is 39.9 Å². The van der Waals surface area contributed by atoms with Gasteiger partial charge in [-0.2, -0.15) is 0 Å². The van der Waals surface area contributed by atoms with Gasteiger partial charge in [-0.1, -0.05) is 12.1 Å². The molecule has 2 aromatic carbocycles. The van der Waals surface area contributed by atoms with Crippen LogP contribution in [-0.4, -0.2) is 36.6 Å². The van der Waals surface area contributed by atoms with Gasteiger partial charge >= 0.3 is 0 Å². The Bertz CT molecular complexity index is 1120. The Kier molecular flexibility index (Phi) is 5.87. The summed E-state index contributed by atoms with van der Waals surface area (Å²) in [5.74, 6) is 0.201. The van der Waals surface area contributed by atoms with Crippen molar-refractivity contribution in [3.63, 3.8) is 0 Å². The summed E-state index contributed by atoms with van der Waals surface area (Å²) in [6, 6.07) is 9.34. The molecule has 0 spiro atoms. The zero-order valence-corrected chi connectivity index (χ0v) is 16.9. The number of ether oxygens (including phenoxy) is 2. The fraction of sp³-hybridized carbons (Fsp3) is 0.273. The van der Waals surface area contributed by atoms with Crippen LogP contribution in [0, 0.1) is 5.82 Å². The van der Waals surface area contributed by atoms with E-state index in [1.54, 1.807) is 37.5 Å². The monoisotopic (exact) mass is 398 g/mol. The van der Waals surface area contributed by atoms with Crippen LogP contribution in [0.2, 0.25) is 0 Å². The van der Waals surface area contributed by atoms with Gasteiger partial charge in [0.05, 0.1) is 25.2 Å². The normalized spacial score (nSPS) is 10.8. The third kappa shape index (κ3) is 3.94. The van der Waals surface area contributed by atoms with Gasteiger partial charge in [0, 0.05) is 31.7 Å². The lowest BCUT2D eigenvalue weighted by Crippen LogP contribution is -2.29. The molecule has 0 unspecified atom stereocenters. The van der Waals surface area contributed by atoms with Crippen LogP contribution >= 0.6 is 0 Å². The maximum absolute atomic E-state index is 13.5. The quantitative estimate of drug-likeness (QED) is 0.638. The second kappa shape index (κ2) is 8.34. The van der Waals surface area contributed by atoms with E-state index in [2.05, 4.69) is 0 Å². The lowest BCUT2D eigenvalue weighted by molar-refractivity contribution is 0.0786. The molecule has 3 rings (SSSR count). The molecule has 0 saturated heterocycles. The smallest absolute Gasteiger partial charge is 0.258 e. The fourth-order valence-corrected chi connectivity index (χ4v) is 3.31. The second-order valence-electron chi connectivity index (χ2n) is 6.68. The molecule has 0 aliphatic carbocycles. The van der Waals surface area contributed by atoms with Gasteiger partial charge < -0.3 is 18.9 Å². The van der Waals surface area contributed by atoms with Crippen LogP contribution in [0.15, 0.2) is 47.4 Å². The number of methoxy groups -OCH3 is 2. The zero-order valence-electron chi connectivity index (χ0n) is 16.9. The highest BCUT2D eigenvalue weighted by molar-refractivity contribution is 6.07. The average molecular weight is 398 g/mol. The molecule has 152 valence electrons. The minimum atomic E-state index is -0.356. The first kappa shape index (κ1) is 20.4. The molecule has 0 radical (unpaired) electrons. The average Bonchev–Trinajstić information content (AvgIpc) is 2.72. The number of carbonyl (C=O) groups excluding carboxylic acids is 1. The summed E-state index contributed by atoms with van der Waals surface area (Å²) >= 11 is 0. The molecule has 29 heavy (non-hydrogen) atoms. The van der Waals surface area contributed by atoms with Gasteiger partial charge in [-0.05, 0) is 36.8 Å². The predicted octanol–water partition coefficient (Wildman–Crippen LogP) is 3.45. The van der Waals surface area contributed by atoms with E-state index in [4.69, 9.17) is 9.47 Å². The zero-order chi connectivity index (χ0) is 21.1. The first-order chi connectivity index (χ1) is 13.9. The van der Waals surface area contributed by atoms with Crippen molar-refractivity contribution >= 4 is 16.7 Å². The number of amides is 1. The number of hydrogen-bond donors (Lipinski definition) is 0. The Morgan fingerprint density at radius 2 is 1.76 bits per heavy atom. The van der Waals surface area contributed by atoms with Crippen molar-refractivity contribution in [2.24, 2.45) is 0 Å².